The summed E-state index contributed by atoms with van der Waals surface area (Å²) in [7, 11) is 0. The summed E-state index contributed by atoms with van der Waals surface area (Å²) < 4.78 is 0. The first kappa shape index (κ1) is 12.5. The Labute approximate surface area is 98.8 Å². The fourth-order valence-electron chi connectivity index (χ4n) is 1.33. The molecular weight excluding hydrogens is 235 g/mol. The fraction of sp³-hybridized carbons (Fsp3) is 0.364. The van der Waals surface area contributed by atoms with E-state index in [4.69, 9.17) is 23.2 Å². The Morgan fingerprint density at radius 2 is 1.93 bits per heavy atom. The average Bonchev–Trinajstić information content (AvgIpc) is 2.11. The van der Waals surface area contributed by atoms with Crippen LogP contribution in [0.3, 0.4) is 0 Å². The van der Waals surface area contributed by atoms with Crippen LogP contribution in [0.25, 0.3) is 0 Å². The SMILES string of the molecule is CC(O)(CC=O)Cc1c(Cl)cccc1Cl. The maximum absolute atomic E-state index is 10.4. The molecule has 0 aliphatic carbocycles. The van der Waals surface area contributed by atoms with Crippen LogP contribution in [0.15, 0.2) is 18.2 Å². The Hall–Kier alpha value is -0.570. The summed E-state index contributed by atoms with van der Waals surface area (Å²) in [5, 5.41) is 10.9. The molecule has 1 N–H and O–H groups in total. The topological polar surface area (TPSA) is 37.3 Å². The number of halogens is 2. The first-order valence-corrected chi connectivity index (χ1v) is 5.31. The molecule has 0 saturated heterocycles. The minimum absolute atomic E-state index is 0.0640. The normalized spacial score (nSPS) is 14.7. The molecule has 0 aliphatic heterocycles. The van der Waals surface area contributed by atoms with E-state index in [0.29, 0.717) is 21.9 Å². The first-order chi connectivity index (χ1) is 6.96. The highest BCUT2D eigenvalue weighted by Gasteiger charge is 2.22. The Morgan fingerprint density at radius 1 is 1.40 bits per heavy atom. The van der Waals surface area contributed by atoms with E-state index in [1.807, 2.05) is 0 Å². The highest BCUT2D eigenvalue weighted by molar-refractivity contribution is 6.36. The zero-order valence-corrected chi connectivity index (χ0v) is 9.85. The summed E-state index contributed by atoms with van der Waals surface area (Å²) in [6.07, 6.45) is 1.02. The molecule has 1 unspecified atom stereocenters. The second-order valence-corrected chi connectivity index (χ2v) is 4.56. The molecule has 1 rings (SSSR count). The van der Waals surface area contributed by atoms with Gasteiger partial charge >= 0.3 is 0 Å². The van der Waals surface area contributed by atoms with Gasteiger partial charge in [-0.05, 0) is 24.6 Å². The van der Waals surface area contributed by atoms with Crippen molar-refractivity contribution in [3.05, 3.63) is 33.8 Å². The first-order valence-electron chi connectivity index (χ1n) is 4.55. The van der Waals surface area contributed by atoms with Gasteiger partial charge in [-0.3, -0.25) is 0 Å². The van der Waals surface area contributed by atoms with Crippen molar-refractivity contribution in [3.8, 4) is 0 Å². The number of carbonyl (C=O) groups excluding carboxylic acids is 1. The lowest BCUT2D eigenvalue weighted by atomic mass is 9.94. The summed E-state index contributed by atoms with van der Waals surface area (Å²) in [5.41, 5.74) is -0.427. The van der Waals surface area contributed by atoms with Gasteiger partial charge in [0, 0.05) is 22.9 Å². The summed E-state index contributed by atoms with van der Waals surface area (Å²) in [4.78, 5) is 10.4. The second-order valence-electron chi connectivity index (χ2n) is 3.74. The van der Waals surface area contributed by atoms with Crippen LogP contribution in [0.1, 0.15) is 18.9 Å². The van der Waals surface area contributed by atoms with Crippen molar-refractivity contribution in [2.75, 3.05) is 0 Å². The molecule has 0 amide bonds. The summed E-state index contributed by atoms with van der Waals surface area (Å²) in [6, 6.07) is 5.15. The van der Waals surface area contributed by atoms with Gasteiger partial charge in [-0.2, -0.15) is 0 Å². The van der Waals surface area contributed by atoms with Gasteiger partial charge < -0.3 is 9.90 Å². The highest BCUT2D eigenvalue weighted by atomic mass is 35.5. The van der Waals surface area contributed by atoms with Crippen LogP contribution < -0.4 is 0 Å². The minimum atomic E-state index is -1.10. The third-order valence-corrected chi connectivity index (χ3v) is 2.85. The van der Waals surface area contributed by atoms with E-state index < -0.39 is 5.60 Å². The maximum atomic E-state index is 10.4. The molecule has 4 heteroatoms. The molecule has 1 aromatic rings. The molecule has 15 heavy (non-hydrogen) atoms. The number of hydrogen-bond acceptors (Lipinski definition) is 2. The van der Waals surface area contributed by atoms with Gasteiger partial charge in [-0.15, -0.1) is 0 Å². The van der Waals surface area contributed by atoms with Gasteiger partial charge in [0.25, 0.3) is 0 Å². The Balaban J connectivity index is 2.93. The quantitative estimate of drug-likeness (QED) is 0.830. The number of hydrogen-bond donors (Lipinski definition) is 1. The van der Waals surface area contributed by atoms with Crippen molar-refractivity contribution in [1.29, 1.82) is 0 Å². The monoisotopic (exact) mass is 246 g/mol. The lowest BCUT2D eigenvalue weighted by molar-refractivity contribution is -0.111. The number of rotatable bonds is 4. The number of aliphatic hydroxyl groups is 1. The second kappa shape index (κ2) is 4.97. The van der Waals surface area contributed by atoms with Crippen LogP contribution in [0.5, 0.6) is 0 Å². The Morgan fingerprint density at radius 3 is 2.40 bits per heavy atom. The van der Waals surface area contributed by atoms with Crippen molar-refractivity contribution < 1.29 is 9.90 Å². The molecule has 0 aliphatic rings. The zero-order chi connectivity index (χ0) is 11.5. The summed E-state index contributed by atoms with van der Waals surface area (Å²) in [5.74, 6) is 0. The smallest absolute Gasteiger partial charge is 0.122 e. The number of benzene rings is 1. The van der Waals surface area contributed by atoms with Gasteiger partial charge in [0.1, 0.15) is 6.29 Å². The highest BCUT2D eigenvalue weighted by Crippen LogP contribution is 2.28. The zero-order valence-electron chi connectivity index (χ0n) is 8.34. The van der Waals surface area contributed by atoms with Crippen LogP contribution in [-0.2, 0) is 11.2 Å². The van der Waals surface area contributed by atoms with E-state index in [2.05, 4.69) is 0 Å². The van der Waals surface area contributed by atoms with Crippen molar-refractivity contribution in [2.45, 2.75) is 25.4 Å². The largest absolute Gasteiger partial charge is 0.389 e. The molecule has 82 valence electrons. The standard InChI is InChI=1S/C11H12Cl2O2/c1-11(15,5-6-14)7-8-9(12)3-2-4-10(8)13/h2-4,6,15H,5,7H2,1H3. The van der Waals surface area contributed by atoms with Crippen molar-refractivity contribution >= 4 is 29.5 Å². The lowest BCUT2D eigenvalue weighted by Crippen LogP contribution is -2.27. The minimum Gasteiger partial charge on any atom is -0.389 e. The van der Waals surface area contributed by atoms with Crippen LogP contribution in [0.4, 0.5) is 0 Å². The number of aldehydes is 1. The van der Waals surface area contributed by atoms with Gasteiger partial charge in [-0.1, -0.05) is 29.3 Å². The summed E-state index contributed by atoms with van der Waals surface area (Å²) >= 11 is 11.9. The van der Waals surface area contributed by atoms with E-state index in [1.165, 1.54) is 0 Å². The molecule has 0 bridgehead atoms. The molecule has 2 nitrogen and oxygen atoms in total. The van der Waals surface area contributed by atoms with E-state index in [9.17, 15) is 9.90 Å². The van der Waals surface area contributed by atoms with E-state index >= 15 is 0 Å². The molecule has 0 fully saturated rings. The van der Waals surface area contributed by atoms with Crippen LogP contribution in [0, 0.1) is 0 Å². The molecule has 0 radical (unpaired) electrons. The molecule has 1 atom stereocenters. The Bertz CT molecular complexity index is 341. The molecule has 1 aromatic carbocycles. The van der Waals surface area contributed by atoms with Gasteiger partial charge in [0.2, 0.25) is 0 Å². The molecule has 0 saturated carbocycles. The summed E-state index contributed by atoms with van der Waals surface area (Å²) in [6.45, 7) is 1.58. The van der Waals surface area contributed by atoms with Gasteiger partial charge in [-0.25, -0.2) is 0 Å². The van der Waals surface area contributed by atoms with E-state index in [1.54, 1.807) is 25.1 Å². The average molecular weight is 247 g/mol. The van der Waals surface area contributed by atoms with Crippen LogP contribution in [0.2, 0.25) is 10.0 Å². The van der Waals surface area contributed by atoms with Crippen molar-refractivity contribution in [1.82, 2.24) is 0 Å². The van der Waals surface area contributed by atoms with E-state index in [0.717, 1.165) is 0 Å². The van der Waals surface area contributed by atoms with Crippen LogP contribution >= 0.6 is 23.2 Å². The lowest BCUT2D eigenvalue weighted by Gasteiger charge is -2.21. The van der Waals surface area contributed by atoms with Crippen molar-refractivity contribution in [2.24, 2.45) is 0 Å². The molecule has 0 heterocycles. The molecule has 0 spiro atoms. The van der Waals surface area contributed by atoms with Gasteiger partial charge in [0.15, 0.2) is 0 Å². The van der Waals surface area contributed by atoms with Crippen molar-refractivity contribution in [3.63, 3.8) is 0 Å². The van der Waals surface area contributed by atoms with Gasteiger partial charge in [0.05, 0.1) is 5.60 Å². The van der Waals surface area contributed by atoms with E-state index in [-0.39, 0.29) is 12.8 Å². The molecule has 0 aromatic heterocycles. The van der Waals surface area contributed by atoms with Crippen LogP contribution in [-0.4, -0.2) is 17.0 Å². The fourth-order valence-corrected chi connectivity index (χ4v) is 1.86. The molecular formula is C11H12Cl2O2. The third-order valence-electron chi connectivity index (χ3n) is 2.14. The predicted molar refractivity (Wildman–Crippen MR) is 61.5 cm³/mol. The Kier molecular flexibility index (Phi) is 4.14. The third kappa shape index (κ3) is 3.49. The predicted octanol–water partition coefficient (Wildman–Crippen LogP) is 2.88. The number of carbonyl (C=O) groups is 1. The maximum Gasteiger partial charge on any atom is 0.122 e.